The SMILES string of the molecule is COC(=O)[C@]1(OC)C[C@](O)(CN=[N+]=[N-])[C@@H](NC(C)=O)[C@H]([C@@H](OC(C)=O)[C@H]2COC(C)(C)O2)O1. The van der Waals surface area contributed by atoms with Crippen molar-refractivity contribution in [3.63, 3.8) is 0 Å². The number of rotatable bonds is 8. The fraction of sp³-hybridized carbons (Fsp3) is 0.842. The maximum absolute atomic E-state index is 12.7. The quantitative estimate of drug-likeness (QED) is 0.208. The van der Waals surface area contributed by atoms with Crippen LogP contribution in [-0.2, 0) is 42.8 Å². The summed E-state index contributed by atoms with van der Waals surface area (Å²) < 4.78 is 33.0. The van der Waals surface area contributed by atoms with E-state index in [-0.39, 0.29) is 6.61 Å². The summed E-state index contributed by atoms with van der Waals surface area (Å²) in [5, 5.41) is 17.6. The molecule has 0 aliphatic carbocycles. The minimum absolute atomic E-state index is 0.0232. The number of hydrogen-bond donors (Lipinski definition) is 2. The molecule has 0 aromatic heterocycles. The Balaban J connectivity index is 2.66. The van der Waals surface area contributed by atoms with Gasteiger partial charge in [0.25, 0.3) is 5.79 Å². The van der Waals surface area contributed by atoms with Gasteiger partial charge >= 0.3 is 11.9 Å². The number of ether oxygens (including phenoxy) is 6. The van der Waals surface area contributed by atoms with E-state index >= 15 is 0 Å². The third-order valence-electron chi connectivity index (χ3n) is 5.39. The minimum atomic E-state index is -2.18. The summed E-state index contributed by atoms with van der Waals surface area (Å²) in [6, 6.07) is -1.31. The Morgan fingerprint density at radius 3 is 2.39 bits per heavy atom. The average molecular weight is 474 g/mol. The lowest BCUT2D eigenvalue weighted by Crippen LogP contribution is -2.73. The third-order valence-corrected chi connectivity index (χ3v) is 5.39. The predicted molar refractivity (Wildman–Crippen MR) is 108 cm³/mol. The first-order chi connectivity index (χ1) is 15.3. The molecule has 6 atom stereocenters. The molecule has 2 N–H and O–H groups in total. The van der Waals surface area contributed by atoms with Crippen LogP contribution in [0.25, 0.3) is 10.4 Å². The van der Waals surface area contributed by atoms with E-state index in [2.05, 4.69) is 15.3 Å². The molecule has 2 aliphatic heterocycles. The first kappa shape index (κ1) is 26.8. The second kappa shape index (κ2) is 10.2. The van der Waals surface area contributed by atoms with E-state index in [1.54, 1.807) is 13.8 Å². The summed E-state index contributed by atoms with van der Waals surface area (Å²) in [4.78, 5) is 39.4. The number of carbonyl (C=O) groups excluding carboxylic acids is 3. The van der Waals surface area contributed by atoms with Crippen molar-refractivity contribution in [1.29, 1.82) is 0 Å². The van der Waals surface area contributed by atoms with E-state index in [9.17, 15) is 19.5 Å². The number of hydrogen-bond acceptors (Lipinski definition) is 11. The summed E-state index contributed by atoms with van der Waals surface area (Å²) in [5.74, 6) is -5.49. The Morgan fingerprint density at radius 2 is 1.94 bits per heavy atom. The van der Waals surface area contributed by atoms with Crippen molar-refractivity contribution >= 4 is 17.8 Å². The number of methoxy groups -OCH3 is 2. The van der Waals surface area contributed by atoms with Crippen molar-refractivity contribution in [3.8, 4) is 0 Å². The molecule has 2 rings (SSSR count). The number of amides is 1. The van der Waals surface area contributed by atoms with Crippen molar-refractivity contribution in [3.05, 3.63) is 10.4 Å². The van der Waals surface area contributed by atoms with Crippen LogP contribution in [0.4, 0.5) is 0 Å². The van der Waals surface area contributed by atoms with Crippen LogP contribution in [-0.4, -0.2) is 91.9 Å². The van der Waals surface area contributed by atoms with Gasteiger partial charge in [-0.25, -0.2) is 4.79 Å². The molecule has 0 spiro atoms. The third kappa shape index (κ3) is 5.91. The molecule has 14 nitrogen and oxygen atoms in total. The fourth-order valence-electron chi connectivity index (χ4n) is 4.05. The first-order valence-corrected chi connectivity index (χ1v) is 10.1. The number of esters is 2. The van der Waals surface area contributed by atoms with Gasteiger partial charge in [-0.2, -0.15) is 0 Å². The van der Waals surface area contributed by atoms with Crippen LogP contribution in [0.5, 0.6) is 0 Å². The van der Waals surface area contributed by atoms with Crippen LogP contribution in [0, 0.1) is 0 Å². The average Bonchev–Trinajstić information content (AvgIpc) is 3.10. The van der Waals surface area contributed by atoms with Crippen LogP contribution in [0.15, 0.2) is 5.11 Å². The number of carbonyl (C=O) groups is 3. The Kier molecular flexibility index (Phi) is 8.27. The zero-order valence-electron chi connectivity index (χ0n) is 19.4. The van der Waals surface area contributed by atoms with E-state index in [4.69, 9.17) is 34.0 Å². The summed E-state index contributed by atoms with van der Waals surface area (Å²) in [6.45, 7) is 5.05. The summed E-state index contributed by atoms with van der Waals surface area (Å²) in [6.07, 6.45) is -4.16. The molecule has 1 amide bonds. The largest absolute Gasteiger partial charge is 0.465 e. The molecule has 33 heavy (non-hydrogen) atoms. The molecule has 0 radical (unpaired) electrons. The van der Waals surface area contributed by atoms with Gasteiger partial charge in [0.15, 0.2) is 11.9 Å². The van der Waals surface area contributed by atoms with Crippen LogP contribution in [0.1, 0.15) is 34.1 Å². The highest BCUT2D eigenvalue weighted by Gasteiger charge is 2.63. The molecule has 2 saturated heterocycles. The van der Waals surface area contributed by atoms with Crippen molar-refractivity contribution in [2.45, 2.75) is 75.6 Å². The van der Waals surface area contributed by atoms with Gasteiger partial charge in [-0.05, 0) is 19.4 Å². The number of nitrogens with zero attached hydrogens (tertiary/aromatic N) is 3. The van der Waals surface area contributed by atoms with E-state index in [0.717, 1.165) is 21.1 Å². The van der Waals surface area contributed by atoms with Crippen LogP contribution < -0.4 is 5.32 Å². The van der Waals surface area contributed by atoms with Gasteiger partial charge in [-0.1, -0.05) is 5.11 Å². The Bertz CT molecular complexity index is 816. The van der Waals surface area contributed by atoms with Gasteiger partial charge < -0.3 is 38.8 Å². The lowest BCUT2D eigenvalue weighted by molar-refractivity contribution is -0.321. The van der Waals surface area contributed by atoms with Crippen molar-refractivity contribution in [2.75, 3.05) is 27.4 Å². The van der Waals surface area contributed by atoms with Gasteiger partial charge in [-0.3, -0.25) is 9.59 Å². The van der Waals surface area contributed by atoms with Crippen molar-refractivity contribution < 1.29 is 47.9 Å². The Labute approximate surface area is 190 Å². The molecule has 0 aromatic rings. The highest BCUT2D eigenvalue weighted by molar-refractivity contribution is 5.78. The first-order valence-electron chi connectivity index (χ1n) is 10.1. The van der Waals surface area contributed by atoms with Crippen LogP contribution in [0.2, 0.25) is 0 Å². The minimum Gasteiger partial charge on any atom is -0.465 e. The van der Waals surface area contributed by atoms with Gasteiger partial charge in [0, 0.05) is 32.3 Å². The maximum Gasteiger partial charge on any atom is 0.366 e. The maximum atomic E-state index is 12.7. The van der Waals surface area contributed by atoms with E-state index < -0.39 is 72.3 Å². The molecular weight excluding hydrogens is 444 g/mol. The highest BCUT2D eigenvalue weighted by atomic mass is 16.8. The van der Waals surface area contributed by atoms with Gasteiger partial charge in [0.2, 0.25) is 5.91 Å². The zero-order chi connectivity index (χ0) is 25.0. The summed E-state index contributed by atoms with van der Waals surface area (Å²) in [7, 11) is 2.24. The normalized spacial score (nSPS) is 34.0. The van der Waals surface area contributed by atoms with E-state index in [1.165, 1.54) is 6.92 Å². The second-order valence-corrected chi connectivity index (χ2v) is 8.32. The molecule has 2 heterocycles. The molecule has 0 saturated carbocycles. The lowest BCUT2D eigenvalue weighted by Gasteiger charge is -2.52. The molecule has 0 bridgehead atoms. The topological polar surface area (TPSA) is 188 Å². The predicted octanol–water partition coefficient (Wildman–Crippen LogP) is -0.0797. The van der Waals surface area contributed by atoms with Crippen molar-refractivity contribution in [1.82, 2.24) is 5.32 Å². The molecule has 0 unspecified atom stereocenters. The number of azide groups is 1. The zero-order valence-corrected chi connectivity index (χ0v) is 19.4. The van der Waals surface area contributed by atoms with Gasteiger partial charge in [0.1, 0.15) is 12.2 Å². The Morgan fingerprint density at radius 1 is 1.27 bits per heavy atom. The van der Waals surface area contributed by atoms with Crippen LogP contribution >= 0.6 is 0 Å². The number of nitrogens with one attached hydrogen (secondary N) is 1. The monoisotopic (exact) mass is 474 g/mol. The second-order valence-electron chi connectivity index (χ2n) is 8.32. The molecule has 14 heteroatoms. The summed E-state index contributed by atoms with van der Waals surface area (Å²) in [5.41, 5.74) is 6.78. The van der Waals surface area contributed by atoms with Crippen LogP contribution in [0.3, 0.4) is 0 Å². The smallest absolute Gasteiger partial charge is 0.366 e. The molecule has 2 fully saturated rings. The standard InChI is InChI=1S/C19H30N4O10/c1-10(24)22-15-14(13(31-11(2)25)12-7-30-17(3,4)32-12)33-19(29-6,16(26)28-5)8-18(15,27)9-21-23-20/h12-15,27H,7-9H2,1-6H3,(H,22,24)/t12-,13+,14+,15+,18+,19+/m1/s1. The van der Waals surface area contributed by atoms with Gasteiger partial charge in [-0.15, -0.1) is 0 Å². The fourth-order valence-corrected chi connectivity index (χ4v) is 4.05. The highest BCUT2D eigenvalue weighted by Crippen LogP contribution is 2.41. The molecule has 0 aromatic carbocycles. The van der Waals surface area contributed by atoms with E-state index in [1.807, 2.05) is 0 Å². The number of aliphatic hydroxyl groups is 1. The Hall–Kier alpha value is -2.48. The molecular formula is C19H30N4O10. The van der Waals surface area contributed by atoms with Crippen molar-refractivity contribution in [2.24, 2.45) is 5.11 Å². The molecule has 2 aliphatic rings. The molecule has 186 valence electrons. The lowest BCUT2D eigenvalue weighted by atomic mass is 9.78. The van der Waals surface area contributed by atoms with E-state index in [0.29, 0.717) is 0 Å². The summed E-state index contributed by atoms with van der Waals surface area (Å²) >= 11 is 0. The van der Waals surface area contributed by atoms with Gasteiger partial charge in [0.05, 0.1) is 31.9 Å².